The standard InChI is InChI=1S/C17H27NO/c1-6-18(17(19)12-14(4)5)16-10-8-7-9-15(16)11-13(2)3/h7-10,13-14H,6,11-12H2,1-5H3. The van der Waals surface area contributed by atoms with Crippen LogP contribution in [0.5, 0.6) is 0 Å². The Labute approximate surface area is 117 Å². The Morgan fingerprint density at radius 3 is 2.26 bits per heavy atom. The van der Waals surface area contributed by atoms with E-state index in [0.29, 0.717) is 18.3 Å². The van der Waals surface area contributed by atoms with Gasteiger partial charge in [-0.25, -0.2) is 0 Å². The van der Waals surface area contributed by atoms with Gasteiger partial charge in [0.25, 0.3) is 0 Å². The SMILES string of the molecule is CCN(C(=O)CC(C)C)c1ccccc1CC(C)C. The molecule has 1 aromatic carbocycles. The van der Waals surface area contributed by atoms with Gasteiger partial charge in [0, 0.05) is 18.7 Å². The minimum atomic E-state index is 0.230. The van der Waals surface area contributed by atoms with E-state index >= 15 is 0 Å². The molecule has 0 heterocycles. The molecule has 0 radical (unpaired) electrons. The van der Waals surface area contributed by atoms with Gasteiger partial charge in [0.1, 0.15) is 0 Å². The zero-order valence-corrected chi connectivity index (χ0v) is 12.9. The summed E-state index contributed by atoms with van der Waals surface area (Å²) >= 11 is 0. The van der Waals surface area contributed by atoms with Crippen LogP contribution in [0.15, 0.2) is 24.3 Å². The molecule has 19 heavy (non-hydrogen) atoms. The molecule has 0 aliphatic rings. The summed E-state index contributed by atoms with van der Waals surface area (Å²) in [5.41, 5.74) is 2.36. The van der Waals surface area contributed by atoms with E-state index in [9.17, 15) is 4.79 Å². The lowest BCUT2D eigenvalue weighted by Crippen LogP contribution is -2.32. The second-order valence-electron chi connectivity index (χ2n) is 5.96. The first-order valence-electron chi connectivity index (χ1n) is 7.34. The topological polar surface area (TPSA) is 20.3 Å². The fraction of sp³-hybridized carbons (Fsp3) is 0.588. The molecule has 1 aromatic rings. The van der Waals surface area contributed by atoms with Crippen LogP contribution in [0.25, 0.3) is 0 Å². The minimum Gasteiger partial charge on any atom is -0.312 e. The number of hydrogen-bond acceptors (Lipinski definition) is 1. The van der Waals surface area contributed by atoms with Crippen molar-refractivity contribution in [2.45, 2.75) is 47.5 Å². The van der Waals surface area contributed by atoms with E-state index in [-0.39, 0.29) is 5.91 Å². The molecule has 2 heteroatoms. The first-order valence-corrected chi connectivity index (χ1v) is 7.34. The average molecular weight is 261 g/mol. The van der Waals surface area contributed by atoms with Crippen molar-refractivity contribution in [1.82, 2.24) is 0 Å². The summed E-state index contributed by atoms with van der Waals surface area (Å²) in [7, 11) is 0. The Balaban J connectivity index is 3.00. The number of para-hydroxylation sites is 1. The predicted molar refractivity (Wildman–Crippen MR) is 82.5 cm³/mol. The maximum Gasteiger partial charge on any atom is 0.227 e. The average Bonchev–Trinajstić information content (AvgIpc) is 2.30. The van der Waals surface area contributed by atoms with Crippen molar-refractivity contribution < 1.29 is 4.79 Å². The third kappa shape index (κ3) is 4.70. The lowest BCUT2D eigenvalue weighted by atomic mass is 10.00. The maximum absolute atomic E-state index is 12.3. The molecule has 0 aliphatic carbocycles. The zero-order valence-electron chi connectivity index (χ0n) is 12.9. The van der Waals surface area contributed by atoms with Gasteiger partial charge in [0.15, 0.2) is 0 Å². The lowest BCUT2D eigenvalue weighted by molar-refractivity contribution is -0.119. The predicted octanol–water partition coefficient (Wildman–Crippen LogP) is 4.28. The molecule has 0 aliphatic heterocycles. The van der Waals surface area contributed by atoms with E-state index in [1.807, 2.05) is 17.9 Å². The number of carbonyl (C=O) groups excluding carboxylic acids is 1. The van der Waals surface area contributed by atoms with Crippen LogP contribution in [0.1, 0.15) is 46.6 Å². The van der Waals surface area contributed by atoms with E-state index in [1.165, 1.54) is 5.56 Å². The number of carbonyl (C=O) groups is 1. The molecule has 0 saturated carbocycles. The van der Waals surface area contributed by atoms with Crippen molar-refractivity contribution >= 4 is 11.6 Å². The molecular weight excluding hydrogens is 234 g/mol. The van der Waals surface area contributed by atoms with E-state index in [4.69, 9.17) is 0 Å². The summed E-state index contributed by atoms with van der Waals surface area (Å²) in [5, 5.41) is 0. The number of anilines is 1. The van der Waals surface area contributed by atoms with E-state index < -0.39 is 0 Å². The number of rotatable bonds is 6. The highest BCUT2D eigenvalue weighted by molar-refractivity contribution is 5.94. The first kappa shape index (κ1) is 15.7. The van der Waals surface area contributed by atoms with Crippen molar-refractivity contribution in [3.63, 3.8) is 0 Å². The van der Waals surface area contributed by atoms with Crippen LogP contribution in [-0.2, 0) is 11.2 Å². The largest absolute Gasteiger partial charge is 0.312 e. The smallest absolute Gasteiger partial charge is 0.227 e. The summed E-state index contributed by atoms with van der Waals surface area (Å²) in [4.78, 5) is 14.3. The van der Waals surface area contributed by atoms with Gasteiger partial charge in [-0.15, -0.1) is 0 Å². The Morgan fingerprint density at radius 1 is 1.11 bits per heavy atom. The molecule has 1 rings (SSSR count). The van der Waals surface area contributed by atoms with Gasteiger partial charge >= 0.3 is 0 Å². The van der Waals surface area contributed by atoms with Crippen LogP contribution in [0.2, 0.25) is 0 Å². The molecule has 0 atom stereocenters. The highest BCUT2D eigenvalue weighted by atomic mass is 16.2. The highest BCUT2D eigenvalue weighted by Crippen LogP contribution is 2.24. The van der Waals surface area contributed by atoms with Crippen LogP contribution in [0.4, 0.5) is 5.69 Å². The molecule has 0 aromatic heterocycles. The van der Waals surface area contributed by atoms with Gasteiger partial charge < -0.3 is 4.90 Å². The van der Waals surface area contributed by atoms with Crippen molar-refractivity contribution in [3.8, 4) is 0 Å². The number of hydrogen-bond donors (Lipinski definition) is 0. The Hall–Kier alpha value is -1.31. The summed E-state index contributed by atoms with van der Waals surface area (Å²) < 4.78 is 0. The normalized spacial score (nSPS) is 11.1. The quantitative estimate of drug-likeness (QED) is 0.748. The Bertz CT molecular complexity index is 409. The highest BCUT2D eigenvalue weighted by Gasteiger charge is 2.17. The fourth-order valence-electron chi connectivity index (χ4n) is 2.33. The number of amides is 1. The van der Waals surface area contributed by atoms with Crippen LogP contribution >= 0.6 is 0 Å². The molecule has 106 valence electrons. The lowest BCUT2D eigenvalue weighted by Gasteiger charge is -2.25. The molecule has 2 nitrogen and oxygen atoms in total. The third-order valence-corrected chi connectivity index (χ3v) is 3.11. The van der Waals surface area contributed by atoms with Crippen LogP contribution in [-0.4, -0.2) is 12.5 Å². The third-order valence-electron chi connectivity index (χ3n) is 3.11. The Morgan fingerprint density at radius 2 is 1.74 bits per heavy atom. The summed E-state index contributed by atoms with van der Waals surface area (Å²) in [6.45, 7) is 11.4. The van der Waals surface area contributed by atoms with Crippen LogP contribution in [0.3, 0.4) is 0 Å². The first-order chi connectivity index (χ1) is 8.95. The van der Waals surface area contributed by atoms with Gasteiger partial charge in [-0.1, -0.05) is 45.9 Å². The molecule has 0 bridgehead atoms. The molecular formula is C17H27NO. The second-order valence-corrected chi connectivity index (χ2v) is 5.96. The molecule has 0 N–H and O–H groups in total. The minimum absolute atomic E-state index is 0.230. The van der Waals surface area contributed by atoms with Gasteiger partial charge in [0.05, 0.1) is 0 Å². The van der Waals surface area contributed by atoms with Gasteiger partial charge in [-0.05, 0) is 36.8 Å². The maximum atomic E-state index is 12.3. The van der Waals surface area contributed by atoms with E-state index in [1.54, 1.807) is 0 Å². The van der Waals surface area contributed by atoms with Crippen LogP contribution in [0, 0.1) is 11.8 Å². The zero-order chi connectivity index (χ0) is 14.4. The monoisotopic (exact) mass is 261 g/mol. The molecule has 0 saturated heterocycles. The molecule has 0 fully saturated rings. The van der Waals surface area contributed by atoms with E-state index in [0.717, 1.165) is 18.7 Å². The van der Waals surface area contributed by atoms with Gasteiger partial charge in [-0.2, -0.15) is 0 Å². The van der Waals surface area contributed by atoms with Crippen LogP contribution < -0.4 is 4.90 Å². The molecule has 0 unspecified atom stereocenters. The van der Waals surface area contributed by atoms with Gasteiger partial charge in [0.2, 0.25) is 5.91 Å². The summed E-state index contributed by atoms with van der Waals surface area (Å²) in [5.74, 6) is 1.23. The summed E-state index contributed by atoms with van der Waals surface area (Å²) in [6.07, 6.45) is 1.63. The van der Waals surface area contributed by atoms with Crippen molar-refractivity contribution in [2.24, 2.45) is 11.8 Å². The van der Waals surface area contributed by atoms with Gasteiger partial charge in [-0.3, -0.25) is 4.79 Å². The summed E-state index contributed by atoms with van der Waals surface area (Å²) in [6, 6.07) is 8.28. The number of nitrogens with zero attached hydrogens (tertiary/aromatic N) is 1. The van der Waals surface area contributed by atoms with Crippen molar-refractivity contribution in [2.75, 3.05) is 11.4 Å². The molecule has 0 spiro atoms. The van der Waals surface area contributed by atoms with Crippen molar-refractivity contribution in [3.05, 3.63) is 29.8 Å². The molecule has 1 amide bonds. The number of benzene rings is 1. The van der Waals surface area contributed by atoms with E-state index in [2.05, 4.69) is 45.9 Å². The van der Waals surface area contributed by atoms with Crippen molar-refractivity contribution in [1.29, 1.82) is 0 Å². The Kier molecular flexibility index (Phi) is 6.07. The second kappa shape index (κ2) is 7.32. The fourth-order valence-corrected chi connectivity index (χ4v) is 2.33.